The molecule has 1 saturated heterocycles. The maximum absolute atomic E-state index is 3.53. The molecule has 1 aliphatic rings. The summed E-state index contributed by atoms with van der Waals surface area (Å²) in [6, 6.07) is 11.3. The Morgan fingerprint density at radius 1 is 1.29 bits per heavy atom. The van der Waals surface area contributed by atoms with Crippen molar-refractivity contribution in [3.05, 3.63) is 30.3 Å². The predicted octanol–water partition coefficient (Wildman–Crippen LogP) is 1.42. The van der Waals surface area contributed by atoms with Crippen molar-refractivity contribution in [3.63, 3.8) is 0 Å². The van der Waals surface area contributed by atoms with Crippen LogP contribution in [0.1, 0.15) is 6.42 Å². The summed E-state index contributed by atoms with van der Waals surface area (Å²) in [5.41, 5.74) is 1.35. The largest absolute Gasteiger partial charge is 0.366 e. The van der Waals surface area contributed by atoms with Crippen LogP contribution in [0.4, 0.5) is 5.69 Å². The van der Waals surface area contributed by atoms with Crippen LogP contribution in [0, 0.1) is 0 Å². The van der Waals surface area contributed by atoms with Crippen LogP contribution in [0.15, 0.2) is 30.3 Å². The Morgan fingerprint density at radius 3 is 2.76 bits per heavy atom. The second kappa shape index (κ2) is 6.03. The summed E-state index contributed by atoms with van der Waals surface area (Å²) in [5, 5.41) is 3.53. The van der Waals surface area contributed by atoms with Gasteiger partial charge in [0.05, 0.1) is 6.04 Å². The third kappa shape index (κ3) is 3.45. The number of para-hydroxylation sites is 1. The van der Waals surface area contributed by atoms with E-state index in [0.717, 1.165) is 26.2 Å². The molecule has 0 radical (unpaired) electrons. The quantitative estimate of drug-likeness (QED) is 0.852. The summed E-state index contributed by atoms with van der Waals surface area (Å²) in [6.07, 6.45) is 1.22. The van der Waals surface area contributed by atoms with Crippen molar-refractivity contribution < 1.29 is 0 Å². The fourth-order valence-electron chi connectivity index (χ4n) is 2.48. The van der Waals surface area contributed by atoms with E-state index in [1.54, 1.807) is 0 Å². The minimum atomic E-state index is 0.565. The van der Waals surface area contributed by atoms with Crippen LogP contribution in [0.2, 0.25) is 0 Å². The topological polar surface area (TPSA) is 18.5 Å². The molecule has 1 aromatic carbocycles. The van der Waals surface area contributed by atoms with E-state index < -0.39 is 0 Å². The zero-order valence-corrected chi connectivity index (χ0v) is 10.9. The van der Waals surface area contributed by atoms with Crippen molar-refractivity contribution in [1.29, 1.82) is 0 Å². The molecule has 0 spiro atoms. The minimum absolute atomic E-state index is 0.565. The Bertz CT molecular complexity index is 323. The zero-order chi connectivity index (χ0) is 12.1. The van der Waals surface area contributed by atoms with Crippen molar-refractivity contribution in [2.75, 3.05) is 45.2 Å². The lowest BCUT2D eigenvalue weighted by Gasteiger charge is -2.33. The molecule has 1 N–H and O–H groups in total. The summed E-state index contributed by atoms with van der Waals surface area (Å²) in [6.45, 7) is 4.46. The highest BCUT2D eigenvalue weighted by Crippen LogP contribution is 2.18. The molecule has 1 unspecified atom stereocenters. The molecule has 3 heteroatoms. The molecule has 1 aromatic rings. The molecule has 3 nitrogen and oxygen atoms in total. The molecule has 0 saturated carbocycles. The van der Waals surface area contributed by atoms with Gasteiger partial charge < -0.3 is 15.1 Å². The number of likely N-dealkylation sites (N-methyl/N-ethyl adjacent to an activating group) is 1. The van der Waals surface area contributed by atoms with E-state index >= 15 is 0 Å². The number of rotatable bonds is 3. The summed E-state index contributed by atoms with van der Waals surface area (Å²) >= 11 is 0. The number of nitrogens with one attached hydrogen (secondary N) is 1. The maximum atomic E-state index is 3.53. The number of hydrogen-bond acceptors (Lipinski definition) is 3. The van der Waals surface area contributed by atoms with E-state index in [0.29, 0.717) is 6.04 Å². The third-order valence-corrected chi connectivity index (χ3v) is 3.24. The lowest BCUT2D eigenvalue weighted by molar-refractivity contribution is 0.361. The van der Waals surface area contributed by atoms with E-state index in [1.165, 1.54) is 12.1 Å². The number of anilines is 1. The Hall–Kier alpha value is -1.06. The van der Waals surface area contributed by atoms with E-state index in [9.17, 15) is 0 Å². The predicted molar refractivity (Wildman–Crippen MR) is 73.6 cm³/mol. The van der Waals surface area contributed by atoms with Gasteiger partial charge in [0.15, 0.2) is 0 Å². The van der Waals surface area contributed by atoms with Gasteiger partial charge >= 0.3 is 0 Å². The summed E-state index contributed by atoms with van der Waals surface area (Å²) in [5.74, 6) is 0. The first-order chi connectivity index (χ1) is 8.27. The van der Waals surface area contributed by atoms with Gasteiger partial charge in [-0.15, -0.1) is 0 Å². The first kappa shape index (κ1) is 12.4. The van der Waals surface area contributed by atoms with Gasteiger partial charge in [-0.05, 0) is 39.2 Å². The molecule has 2 rings (SSSR count). The van der Waals surface area contributed by atoms with Crippen LogP contribution >= 0.6 is 0 Å². The van der Waals surface area contributed by atoms with Gasteiger partial charge in [0.2, 0.25) is 0 Å². The smallest absolute Gasteiger partial charge is 0.0541 e. The van der Waals surface area contributed by atoms with Gasteiger partial charge in [-0.2, -0.15) is 0 Å². The molecule has 1 fully saturated rings. The third-order valence-electron chi connectivity index (χ3n) is 3.24. The molecule has 1 atom stereocenters. The van der Waals surface area contributed by atoms with Crippen LogP contribution in [-0.4, -0.2) is 51.2 Å². The second-order valence-electron chi connectivity index (χ2n) is 5.00. The highest BCUT2D eigenvalue weighted by Gasteiger charge is 2.21. The molecule has 94 valence electrons. The standard InChI is InChI=1S/C14H23N3/c1-16(2)12-14-11-15-9-6-10-17(14)13-7-4-3-5-8-13/h3-5,7-8,14-15H,6,9-12H2,1-2H3. The molecular formula is C14H23N3. The highest BCUT2D eigenvalue weighted by molar-refractivity contribution is 5.47. The van der Waals surface area contributed by atoms with Gasteiger partial charge in [0.1, 0.15) is 0 Å². The second-order valence-corrected chi connectivity index (χ2v) is 5.00. The number of hydrogen-bond donors (Lipinski definition) is 1. The highest BCUT2D eigenvalue weighted by atomic mass is 15.2. The fraction of sp³-hybridized carbons (Fsp3) is 0.571. The monoisotopic (exact) mass is 233 g/mol. The molecule has 0 aromatic heterocycles. The van der Waals surface area contributed by atoms with Crippen molar-refractivity contribution in [3.8, 4) is 0 Å². The van der Waals surface area contributed by atoms with Crippen LogP contribution in [-0.2, 0) is 0 Å². The van der Waals surface area contributed by atoms with Gasteiger partial charge in [0.25, 0.3) is 0 Å². The summed E-state index contributed by atoms with van der Waals surface area (Å²) in [4.78, 5) is 4.81. The molecule has 1 heterocycles. The van der Waals surface area contributed by atoms with Gasteiger partial charge in [-0.25, -0.2) is 0 Å². The summed E-state index contributed by atoms with van der Waals surface area (Å²) in [7, 11) is 4.29. The summed E-state index contributed by atoms with van der Waals surface area (Å²) < 4.78 is 0. The van der Waals surface area contributed by atoms with Crippen LogP contribution in [0.3, 0.4) is 0 Å². The normalized spacial score (nSPS) is 21.6. The first-order valence-corrected chi connectivity index (χ1v) is 6.44. The Labute approximate surface area is 104 Å². The zero-order valence-electron chi connectivity index (χ0n) is 10.9. The molecule has 17 heavy (non-hydrogen) atoms. The van der Waals surface area contributed by atoms with Crippen LogP contribution in [0.25, 0.3) is 0 Å². The molecule has 0 amide bonds. The van der Waals surface area contributed by atoms with Crippen LogP contribution in [0.5, 0.6) is 0 Å². The lowest BCUT2D eigenvalue weighted by atomic mass is 10.2. The first-order valence-electron chi connectivity index (χ1n) is 6.44. The fourth-order valence-corrected chi connectivity index (χ4v) is 2.48. The van der Waals surface area contributed by atoms with Crippen LogP contribution < -0.4 is 10.2 Å². The molecular weight excluding hydrogens is 210 g/mol. The molecule has 1 aliphatic heterocycles. The van der Waals surface area contributed by atoms with E-state index in [2.05, 4.69) is 59.5 Å². The molecule has 0 bridgehead atoms. The lowest BCUT2D eigenvalue weighted by Crippen LogP contribution is -2.46. The van der Waals surface area contributed by atoms with E-state index in [-0.39, 0.29) is 0 Å². The van der Waals surface area contributed by atoms with Crippen molar-refractivity contribution in [2.45, 2.75) is 12.5 Å². The average Bonchev–Trinajstić information content (AvgIpc) is 2.55. The van der Waals surface area contributed by atoms with Crippen molar-refractivity contribution >= 4 is 5.69 Å². The Kier molecular flexibility index (Phi) is 4.40. The van der Waals surface area contributed by atoms with Gasteiger partial charge in [-0.3, -0.25) is 0 Å². The van der Waals surface area contributed by atoms with Crippen molar-refractivity contribution in [1.82, 2.24) is 10.2 Å². The molecule has 0 aliphatic carbocycles. The van der Waals surface area contributed by atoms with E-state index in [4.69, 9.17) is 0 Å². The maximum Gasteiger partial charge on any atom is 0.0541 e. The van der Waals surface area contributed by atoms with Gasteiger partial charge in [0, 0.05) is 25.3 Å². The minimum Gasteiger partial charge on any atom is -0.366 e. The Balaban J connectivity index is 2.14. The van der Waals surface area contributed by atoms with Crippen molar-refractivity contribution in [2.24, 2.45) is 0 Å². The van der Waals surface area contributed by atoms with Gasteiger partial charge in [-0.1, -0.05) is 18.2 Å². The van der Waals surface area contributed by atoms with E-state index in [1.807, 2.05) is 0 Å². The number of nitrogens with zero attached hydrogens (tertiary/aromatic N) is 2. The number of benzene rings is 1. The SMILES string of the molecule is CN(C)CC1CNCCCN1c1ccccc1. The Morgan fingerprint density at radius 2 is 2.06 bits per heavy atom. The average molecular weight is 233 g/mol.